The van der Waals surface area contributed by atoms with Gasteiger partial charge in [-0.2, -0.15) is 13.2 Å². The van der Waals surface area contributed by atoms with Gasteiger partial charge in [-0.15, -0.1) is 0 Å². The van der Waals surface area contributed by atoms with Crippen molar-refractivity contribution in [3.05, 3.63) is 48.0 Å². The Morgan fingerprint density at radius 1 is 0.964 bits per heavy atom. The molecule has 0 N–H and O–H groups in total. The third-order valence-corrected chi connectivity index (χ3v) is 6.82. The lowest BCUT2D eigenvalue weighted by Gasteiger charge is -2.35. The van der Waals surface area contributed by atoms with Crippen LogP contribution in [0.4, 0.5) is 24.5 Å². The van der Waals surface area contributed by atoms with Crippen molar-refractivity contribution >= 4 is 23.1 Å². The first-order valence-corrected chi connectivity index (χ1v) is 10.7. The van der Waals surface area contributed by atoms with Gasteiger partial charge in [-0.3, -0.25) is 0 Å². The van der Waals surface area contributed by atoms with Crippen LogP contribution in [0.15, 0.2) is 52.3 Å². The Kier molecular flexibility index (Phi) is 5.61. The molecule has 0 spiro atoms. The number of anilines is 2. The summed E-state index contributed by atoms with van der Waals surface area (Å²) in [5.41, 5.74) is 1.10. The lowest BCUT2D eigenvalue weighted by Crippen LogP contribution is -2.35. The van der Waals surface area contributed by atoms with Crippen molar-refractivity contribution in [3.63, 3.8) is 0 Å². The summed E-state index contributed by atoms with van der Waals surface area (Å²) < 4.78 is 39.8. The van der Waals surface area contributed by atoms with Crippen LogP contribution in [0, 0.1) is 5.92 Å². The number of rotatable bonds is 4. The number of alkyl halides is 3. The van der Waals surface area contributed by atoms with Gasteiger partial charge in [0.1, 0.15) is 0 Å². The Morgan fingerprint density at radius 2 is 1.68 bits per heavy atom. The summed E-state index contributed by atoms with van der Waals surface area (Å²) in [6.45, 7) is 6.27. The predicted molar refractivity (Wildman–Crippen MR) is 108 cm³/mol. The highest BCUT2D eigenvalue weighted by atomic mass is 32.2. The number of benzene rings is 2. The van der Waals surface area contributed by atoms with Crippen LogP contribution >= 0.6 is 11.8 Å². The number of hydrogen-bond donors (Lipinski definition) is 0. The Morgan fingerprint density at radius 3 is 2.43 bits per heavy atom. The SMILES string of the molecule is CC1CCN(CCCN2c3ccccc3Sc3ccc(C(F)(F)F)cc32)CC1. The van der Waals surface area contributed by atoms with Gasteiger partial charge in [0.05, 0.1) is 16.9 Å². The van der Waals surface area contributed by atoms with Crippen LogP contribution < -0.4 is 4.90 Å². The van der Waals surface area contributed by atoms with Crippen molar-refractivity contribution in [2.24, 2.45) is 5.92 Å². The van der Waals surface area contributed by atoms with E-state index in [0.717, 1.165) is 54.0 Å². The molecule has 0 radical (unpaired) electrons. The Hall–Kier alpha value is -1.66. The highest BCUT2D eigenvalue weighted by Crippen LogP contribution is 2.49. The number of para-hydroxylation sites is 1. The van der Waals surface area contributed by atoms with Gasteiger partial charge >= 0.3 is 6.18 Å². The first-order valence-electron chi connectivity index (χ1n) is 9.90. The second-order valence-corrected chi connectivity index (χ2v) is 8.86. The number of nitrogens with zero attached hydrogens (tertiary/aromatic N) is 2. The fraction of sp³-hybridized carbons (Fsp3) is 0.455. The van der Waals surface area contributed by atoms with Crippen molar-refractivity contribution in [1.29, 1.82) is 0 Å². The average Bonchev–Trinajstić information content (AvgIpc) is 2.68. The summed E-state index contributed by atoms with van der Waals surface area (Å²) in [5.74, 6) is 0.801. The van der Waals surface area contributed by atoms with E-state index in [1.165, 1.54) is 25.0 Å². The molecule has 2 nitrogen and oxygen atoms in total. The van der Waals surface area contributed by atoms with Gasteiger partial charge in [-0.05, 0) is 75.1 Å². The van der Waals surface area contributed by atoms with Crippen LogP contribution in [0.5, 0.6) is 0 Å². The summed E-state index contributed by atoms with van der Waals surface area (Å²) in [5, 5.41) is 0. The molecular formula is C22H25F3N2S. The molecule has 28 heavy (non-hydrogen) atoms. The van der Waals surface area contributed by atoms with Crippen LogP contribution in [0.2, 0.25) is 0 Å². The van der Waals surface area contributed by atoms with Crippen LogP contribution in [0.1, 0.15) is 31.7 Å². The fourth-order valence-corrected chi connectivity index (χ4v) is 5.06. The maximum atomic E-state index is 13.3. The average molecular weight is 407 g/mol. The molecule has 2 aromatic rings. The Labute approximate surface area is 168 Å². The maximum Gasteiger partial charge on any atom is 0.416 e. The lowest BCUT2D eigenvalue weighted by atomic mass is 9.99. The van der Waals surface area contributed by atoms with Crippen LogP contribution in [0.3, 0.4) is 0 Å². The first kappa shape index (κ1) is 19.6. The normalized spacial score (nSPS) is 18.1. The summed E-state index contributed by atoms with van der Waals surface area (Å²) in [7, 11) is 0. The summed E-state index contributed by atoms with van der Waals surface area (Å²) in [4.78, 5) is 6.54. The van der Waals surface area contributed by atoms with E-state index >= 15 is 0 Å². The molecule has 2 aliphatic rings. The second kappa shape index (κ2) is 7.99. The third-order valence-electron chi connectivity index (χ3n) is 5.69. The summed E-state index contributed by atoms with van der Waals surface area (Å²) in [6.07, 6.45) is -0.919. The zero-order chi connectivity index (χ0) is 19.7. The zero-order valence-electron chi connectivity index (χ0n) is 16.0. The monoisotopic (exact) mass is 406 g/mol. The molecule has 0 bridgehead atoms. The van der Waals surface area contributed by atoms with Crippen molar-refractivity contribution in [2.75, 3.05) is 31.1 Å². The highest BCUT2D eigenvalue weighted by Gasteiger charge is 2.33. The second-order valence-electron chi connectivity index (χ2n) is 7.78. The molecular weight excluding hydrogens is 381 g/mol. The number of hydrogen-bond acceptors (Lipinski definition) is 3. The van der Waals surface area contributed by atoms with E-state index in [4.69, 9.17) is 0 Å². The van der Waals surface area contributed by atoms with E-state index in [0.29, 0.717) is 5.69 Å². The maximum absolute atomic E-state index is 13.3. The van der Waals surface area contributed by atoms with Crippen LogP contribution in [0.25, 0.3) is 0 Å². The molecule has 1 fully saturated rings. The molecule has 0 aromatic heterocycles. The minimum absolute atomic E-state index is 0.582. The molecule has 0 saturated carbocycles. The standard InChI is InChI=1S/C22H25F3N2S/c1-16-9-13-26(14-10-16)11-4-12-27-18-5-2-3-6-20(18)28-21-8-7-17(15-19(21)27)22(23,24)25/h2-3,5-8,15-16H,4,9-14H2,1H3. The van der Waals surface area contributed by atoms with Gasteiger partial charge in [0.25, 0.3) is 0 Å². The van der Waals surface area contributed by atoms with E-state index in [2.05, 4.69) is 16.7 Å². The van der Waals surface area contributed by atoms with E-state index in [9.17, 15) is 13.2 Å². The first-order chi connectivity index (χ1) is 13.4. The minimum atomic E-state index is -4.33. The van der Waals surface area contributed by atoms with Gasteiger partial charge in [-0.25, -0.2) is 0 Å². The van der Waals surface area contributed by atoms with Gasteiger partial charge in [0.2, 0.25) is 0 Å². The molecule has 4 rings (SSSR count). The molecule has 150 valence electrons. The zero-order valence-corrected chi connectivity index (χ0v) is 16.8. The minimum Gasteiger partial charge on any atom is -0.340 e. The van der Waals surface area contributed by atoms with Gasteiger partial charge in [0, 0.05) is 16.3 Å². The molecule has 0 amide bonds. The smallest absolute Gasteiger partial charge is 0.340 e. The lowest BCUT2D eigenvalue weighted by molar-refractivity contribution is -0.137. The highest BCUT2D eigenvalue weighted by molar-refractivity contribution is 7.99. The molecule has 1 saturated heterocycles. The number of fused-ring (bicyclic) bond motifs is 2. The molecule has 0 unspecified atom stereocenters. The van der Waals surface area contributed by atoms with Crippen molar-refractivity contribution in [3.8, 4) is 0 Å². The third kappa shape index (κ3) is 4.18. The van der Waals surface area contributed by atoms with Crippen LogP contribution in [-0.4, -0.2) is 31.1 Å². The topological polar surface area (TPSA) is 6.48 Å². The quantitative estimate of drug-likeness (QED) is 0.578. The predicted octanol–water partition coefficient (Wildman–Crippen LogP) is 6.43. The van der Waals surface area contributed by atoms with Crippen LogP contribution in [-0.2, 0) is 6.18 Å². The van der Waals surface area contributed by atoms with Gasteiger partial charge < -0.3 is 9.80 Å². The summed E-state index contributed by atoms with van der Waals surface area (Å²) >= 11 is 1.55. The molecule has 0 aliphatic carbocycles. The van der Waals surface area contributed by atoms with E-state index in [-0.39, 0.29) is 0 Å². The van der Waals surface area contributed by atoms with Crippen molar-refractivity contribution < 1.29 is 13.2 Å². The molecule has 2 heterocycles. The Bertz CT molecular complexity index is 829. The van der Waals surface area contributed by atoms with E-state index in [1.807, 2.05) is 24.3 Å². The largest absolute Gasteiger partial charge is 0.416 e. The van der Waals surface area contributed by atoms with E-state index < -0.39 is 11.7 Å². The number of likely N-dealkylation sites (tertiary alicyclic amines) is 1. The van der Waals surface area contributed by atoms with Crippen molar-refractivity contribution in [1.82, 2.24) is 4.90 Å². The van der Waals surface area contributed by atoms with E-state index in [1.54, 1.807) is 17.8 Å². The molecule has 0 atom stereocenters. The molecule has 2 aromatic carbocycles. The van der Waals surface area contributed by atoms with Gasteiger partial charge in [0.15, 0.2) is 0 Å². The van der Waals surface area contributed by atoms with Gasteiger partial charge in [-0.1, -0.05) is 30.8 Å². The molecule has 2 aliphatic heterocycles. The number of piperidine rings is 1. The fourth-order valence-electron chi connectivity index (χ4n) is 3.98. The van der Waals surface area contributed by atoms with Crippen molar-refractivity contribution in [2.45, 2.75) is 42.2 Å². The number of halogens is 3. The Balaban J connectivity index is 1.55. The molecule has 6 heteroatoms. The summed E-state index contributed by atoms with van der Waals surface area (Å²) in [6, 6.07) is 12.1.